The number of rotatable bonds is 5. The Balaban J connectivity index is 1.87. The van der Waals surface area contributed by atoms with E-state index in [1.54, 1.807) is 30.1 Å². The number of hydrogen-bond acceptors (Lipinski definition) is 3. The molecule has 1 aliphatic rings. The Kier molecular flexibility index (Phi) is 6.81. The van der Waals surface area contributed by atoms with E-state index in [2.05, 4.69) is 45.9 Å². The SMILES string of the molecule is CC(C)c1ccc(C(C)C)c(CC2N=C(c3ccc(O)cc3)c3cc(Cl)ccc3N(C)C2=O)c1. The zero-order valence-electron chi connectivity index (χ0n) is 20.3. The molecule has 4 nitrogen and oxygen atoms in total. The molecule has 1 amide bonds. The molecule has 1 unspecified atom stereocenters. The second-order valence-corrected chi connectivity index (χ2v) is 10.0. The molecular formula is C29H31ClN2O2. The highest BCUT2D eigenvalue weighted by molar-refractivity contribution is 6.32. The summed E-state index contributed by atoms with van der Waals surface area (Å²) in [6.07, 6.45) is 0.514. The van der Waals surface area contributed by atoms with Crippen LogP contribution in [0.25, 0.3) is 0 Å². The van der Waals surface area contributed by atoms with Crippen LogP contribution in [0.4, 0.5) is 5.69 Å². The Hall–Kier alpha value is -3.11. The van der Waals surface area contributed by atoms with Gasteiger partial charge in [-0.15, -0.1) is 0 Å². The van der Waals surface area contributed by atoms with Crippen molar-refractivity contribution in [1.82, 2.24) is 0 Å². The number of halogens is 1. The second-order valence-electron chi connectivity index (χ2n) is 9.57. The first-order chi connectivity index (χ1) is 16.2. The molecule has 0 saturated heterocycles. The Morgan fingerprint density at radius 2 is 1.68 bits per heavy atom. The van der Waals surface area contributed by atoms with Gasteiger partial charge in [-0.2, -0.15) is 0 Å². The molecule has 1 atom stereocenters. The number of aliphatic imine (C=N–C) groups is 1. The van der Waals surface area contributed by atoms with Crippen LogP contribution in [0.2, 0.25) is 5.02 Å². The molecule has 0 bridgehead atoms. The summed E-state index contributed by atoms with van der Waals surface area (Å²) in [5.41, 5.74) is 6.75. The van der Waals surface area contributed by atoms with Crippen LogP contribution in [0.1, 0.15) is 67.3 Å². The lowest BCUT2D eigenvalue weighted by Gasteiger charge is -2.22. The normalized spacial score (nSPS) is 16.0. The van der Waals surface area contributed by atoms with Crippen LogP contribution >= 0.6 is 11.6 Å². The molecule has 34 heavy (non-hydrogen) atoms. The third kappa shape index (κ3) is 4.74. The minimum Gasteiger partial charge on any atom is -0.508 e. The number of nitrogens with zero attached hydrogens (tertiary/aromatic N) is 2. The molecule has 3 aromatic carbocycles. The number of aromatic hydroxyl groups is 1. The number of fused-ring (bicyclic) bond motifs is 1. The largest absolute Gasteiger partial charge is 0.508 e. The van der Waals surface area contributed by atoms with Crippen LogP contribution < -0.4 is 4.90 Å². The standard InChI is InChI=1S/C29H31ClN2O2/c1-17(2)20-8-12-24(18(3)4)21(14-20)15-26-29(34)32(5)27-13-9-22(30)16-25(27)28(31-26)19-6-10-23(33)11-7-19/h6-14,16-18,26,33H,15H2,1-5H3. The summed E-state index contributed by atoms with van der Waals surface area (Å²) in [6.45, 7) is 8.72. The number of hydrogen-bond donors (Lipinski definition) is 1. The van der Waals surface area contributed by atoms with Crippen LogP contribution in [-0.4, -0.2) is 29.8 Å². The van der Waals surface area contributed by atoms with E-state index in [1.807, 2.05) is 24.3 Å². The van der Waals surface area contributed by atoms with Crippen LogP contribution in [0, 0.1) is 0 Å². The second kappa shape index (κ2) is 9.63. The number of anilines is 1. The van der Waals surface area contributed by atoms with Crippen molar-refractivity contribution < 1.29 is 9.90 Å². The van der Waals surface area contributed by atoms with E-state index >= 15 is 0 Å². The maximum atomic E-state index is 13.7. The molecule has 0 aliphatic carbocycles. The van der Waals surface area contributed by atoms with Crippen molar-refractivity contribution in [1.29, 1.82) is 0 Å². The number of benzodiazepines with no additional fused rings is 1. The fraction of sp³-hybridized carbons (Fsp3) is 0.310. The Labute approximate surface area is 206 Å². The van der Waals surface area contributed by atoms with E-state index in [0.29, 0.717) is 29.0 Å². The van der Waals surface area contributed by atoms with Crippen molar-refractivity contribution in [3.8, 4) is 5.75 Å². The van der Waals surface area contributed by atoms with Gasteiger partial charge in [0, 0.05) is 29.6 Å². The first-order valence-electron chi connectivity index (χ1n) is 11.7. The van der Waals surface area contributed by atoms with E-state index in [9.17, 15) is 9.90 Å². The van der Waals surface area contributed by atoms with E-state index in [1.165, 1.54) is 11.1 Å². The van der Waals surface area contributed by atoms with Gasteiger partial charge in [0.2, 0.25) is 0 Å². The molecule has 1 aliphatic heterocycles. The monoisotopic (exact) mass is 474 g/mol. The fourth-order valence-corrected chi connectivity index (χ4v) is 4.70. The Bertz CT molecular complexity index is 1250. The topological polar surface area (TPSA) is 52.9 Å². The van der Waals surface area contributed by atoms with Crippen molar-refractivity contribution in [3.63, 3.8) is 0 Å². The van der Waals surface area contributed by atoms with Crippen molar-refractivity contribution in [3.05, 3.63) is 93.5 Å². The number of carbonyl (C=O) groups excluding carboxylic acids is 1. The minimum absolute atomic E-state index is 0.0537. The highest BCUT2D eigenvalue weighted by Crippen LogP contribution is 2.33. The molecule has 3 aromatic rings. The highest BCUT2D eigenvalue weighted by Gasteiger charge is 2.31. The van der Waals surface area contributed by atoms with Crippen LogP contribution in [0.5, 0.6) is 5.75 Å². The van der Waals surface area contributed by atoms with Crippen LogP contribution in [-0.2, 0) is 11.2 Å². The van der Waals surface area contributed by atoms with Crippen molar-refractivity contribution >= 4 is 28.9 Å². The average molecular weight is 475 g/mol. The van der Waals surface area contributed by atoms with Crippen LogP contribution in [0.3, 0.4) is 0 Å². The summed E-state index contributed by atoms with van der Waals surface area (Å²) in [5.74, 6) is 0.865. The number of amides is 1. The number of phenols is 1. The summed E-state index contributed by atoms with van der Waals surface area (Å²) < 4.78 is 0. The zero-order chi connectivity index (χ0) is 24.6. The summed E-state index contributed by atoms with van der Waals surface area (Å²) in [5, 5.41) is 10.4. The van der Waals surface area contributed by atoms with Gasteiger partial charge in [-0.05, 0) is 71.0 Å². The molecule has 1 heterocycles. The van der Waals surface area contributed by atoms with Crippen molar-refractivity contribution in [2.24, 2.45) is 4.99 Å². The number of likely N-dealkylation sites (N-methyl/N-ethyl adjacent to an activating group) is 1. The molecule has 0 radical (unpaired) electrons. The van der Waals surface area contributed by atoms with Gasteiger partial charge in [-0.3, -0.25) is 9.79 Å². The highest BCUT2D eigenvalue weighted by atomic mass is 35.5. The van der Waals surface area contributed by atoms with E-state index in [-0.39, 0.29) is 11.7 Å². The molecule has 0 fully saturated rings. The summed E-state index contributed by atoms with van der Waals surface area (Å²) in [7, 11) is 1.80. The number of phenolic OH excluding ortho intramolecular Hbond substituents is 1. The van der Waals surface area contributed by atoms with Gasteiger partial charge in [0.1, 0.15) is 11.8 Å². The number of benzene rings is 3. The van der Waals surface area contributed by atoms with E-state index < -0.39 is 6.04 Å². The fourth-order valence-electron chi connectivity index (χ4n) is 4.53. The molecular weight excluding hydrogens is 444 g/mol. The predicted molar refractivity (Wildman–Crippen MR) is 141 cm³/mol. The summed E-state index contributed by atoms with van der Waals surface area (Å²) in [4.78, 5) is 20.4. The van der Waals surface area contributed by atoms with Crippen molar-refractivity contribution in [2.45, 2.75) is 52.0 Å². The van der Waals surface area contributed by atoms with Crippen LogP contribution in [0.15, 0.2) is 65.7 Å². The number of carbonyl (C=O) groups is 1. The Morgan fingerprint density at radius 3 is 2.32 bits per heavy atom. The zero-order valence-corrected chi connectivity index (χ0v) is 21.1. The van der Waals surface area contributed by atoms with Gasteiger partial charge in [0.25, 0.3) is 5.91 Å². The third-order valence-electron chi connectivity index (χ3n) is 6.49. The Morgan fingerprint density at radius 1 is 0.971 bits per heavy atom. The molecule has 1 N–H and O–H groups in total. The first-order valence-corrected chi connectivity index (χ1v) is 12.1. The quantitative estimate of drug-likeness (QED) is 0.446. The maximum Gasteiger partial charge on any atom is 0.251 e. The van der Waals surface area contributed by atoms with Gasteiger partial charge in [0.05, 0.1) is 11.4 Å². The molecule has 4 rings (SSSR count). The molecule has 5 heteroatoms. The minimum atomic E-state index is -0.583. The molecule has 0 saturated carbocycles. The summed E-state index contributed by atoms with van der Waals surface area (Å²) >= 11 is 6.36. The van der Waals surface area contributed by atoms with Gasteiger partial charge in [-0.1, -0.05) is 57.5 Å². The lowest BCUT2D eigenvalue weighted by atomic mass is 9.89. The smallest absolute Gasteiger partial charge is 0.251 e. The van der Waals surface area contributed by atoms with Crippen molar-refractivity contribution in [2.75, 3.05) is 11.9 Å². The average Bonchev–Trinajstić information content (AvgIpc) is 2.90. The van der Waals surface area contributed by atoms with Gasteiger partial charge < -0.3 is 10.0 Å². The van der Waals surface area contributed by atoms with Gasteiger partial charge >= 0.3 is 0 Å². The lowest BCUT2D eigenvalue weighted by molar-refractivity contribution is -0.119. The molecule has 0 spiro atoms. The maximum absolute atomic E-state index is 13.7. The molecule has 0 aromatic heterocycles. The van der Waals surface area contributed by atoms with E-state index in [0.717, 1.165) is 22.4 Å². The molecule has 176 valence electrons. The summed E-state index contributed by atoms with van der Waals surface area (Å²) in [6, 6.07) is 18.5. The van der Waals surface area contributed by atoms with Gasteiger partial charge in [-0.25, -0.2) is 0 Å². The lowest BCUT2D eigenvalue weighted by Crippen LogP contribution is -2.36. The third-order valence-corrected chi connectivity index (χ3v) is 6.72. The van der Waals surface area contributed by atoms with E-state index in [4.69, 9.17) is 16.6 Å². The van der Waals surface area contributed by atoms with Gasteiger partial charge in [0.15, 0.2) is 0 Å². The first kappa shape index (κ1) is 24.0. The predicted octanol–water partition coefficient (Wildman–Crippen LogP) is 6.72.